The second kappa shape index (κ2) is 9.25. The third-order valence-electron chi connectivity index (χ3n) is 4.37. The van der Waals surface area contributed by atoms with Crippen LogP contribution >= 0.6 is 15.9 Å². The van der Waals surface area contributed by atoms with Gasteiger partial charge in [0.2, 0.25) is 0 Å². The molecule has 1 atom stereocenters. The predicted octanol–water partition coefficient (Wildman–Crippen LogP) is 1.91. The van der Waals surface area contributed by atoms with Gasteiger partial charge in [-0.15, -0.1) is 0 Å². The van der Waals surface area contributed by atoms with Crippen LogP contribution in [0.5, 0.6) is 5.75 Å². The number of hydrogen-bond acceptors (Lipinski definition) is 4. The Morgan fingerprint density at radius 3 is 2.92 bits per heavy atom. The molecule has 0 saturated carbocycles. The quantitative estimate of drug-likeness (QED) is 0.482. The summed E-state index contributed by atoms with van der Waals surface area (Å²) in [5, 5.41) is 16.0. The number of nitrogens with zero attached hydrogens (tertiary/aromatic N) is 1. The molecule has 0 amide bonds. The molecule has 0 bridgehead atoms. The standard InChI is InChI=1S/C17H26BrN3O3/c1-19-16(21-11-17(5-7-22)6-8-24-12-17)20-10-13-9-14(18)3-4-15(13)23-2/h3-4,9,22H,5-8,10-12H2,1-2H3,(H2,19,20,21). The van der Waals surface area contributed by atoms with Gasteiger partial charge in [-0.2, -0.15) is 0 Å². The van der Waals surface area contributed by atoms with Gasteiger partial charge in [-0.05, 0) is 31.0 Å². The molecule has 1 saturated heterocycles. The highest BCUT2D eigenvalue weighted by Gasteiger charge is 2.34. The molecule has 1 aromatic carbocycles. The van der Waals surface area contributed by atoms with Crippen molar-refractivity contribution in [1.82, 2.24) is 10.6 Å². The minimum Gasteiger partial charge on any atom is -0.496 e. The Morgan fingerprint density at radius 1 is 1.46 bits per heavy atom. The maximum Gasteiger partial charge on any atom is 0.191 e. The first-order chi connectivity index (χ1) is 11.6. The van der Waals surface area contributed by atoms with Crippen LogP contribution in [0.1, 0.15) is 18.4 Å². The lowest BCUT2D eigenvalue weighted by Crippen LogP contribution is -2.44. The van der Waals surface area contributed by atoms with Crippen molar-refractivity contribution < 1.29 is 14.6 Å². The molecule has 6 nitrogen and oxygen atoms in total. The Bertz CT molecular complexity index is 560. The number of halogens is 1. The number of rotatable bonds is 7. The molecule has 0 aliphatic carbocycles. The minimum absolute atomic E-state index is 0.0141. The molecule has 0 spiro atoms. The molecule has 24 heavy (non-hydrogen) atoms. The molecule has 1 heterocycles. The van der Waals surface area contributed by atoms with Gasteiger partial charge in [-0.1, -0.05) is 15.9 Å². The fraction of sp³-hybridized carbons (Fsp3) is 0.588. The lowest BCUT2D eigenvalue weighted by atomic mass is 9.84. The molecule has 2 rings (SSSR count). The smallest absolute Gasteiger partial charge is 0.191 e. The molecular formula is C17H26BrN3O3. The van der Waals surface area contributed by atoms with E-state index >= 15 is 0 Å². The van der Waals surface area contributed by atoms with Crippen molar-refractivity contribution in [2.75, 3.05) is 40.5 Å². The van der Waals surface area contributed by atoms with Crippen LogP contribution in [0, 0.1) is 5.41 Å². The number of benzene rings is 1. The van der Waals surface area contributed by atoms with Gasteiger partial charge < -0.3 is 25.2 Å². The predicted molar refractivity (Wildman–Crippen MR) is 98.5 cm³/mol. The zero-order valence-corrected chi connectivity index (χ0v) is 15.9. The summed E-state index contributed by atoms with van der Waals surface area (Å²) in [5.74, 6) is 1.56. The summed E-state index contributed by atoms with van der Waals surface area (Å²) < 4.78 is 11.9. The first-order valence-corrected chi connectivity index (χ1v) is 8.87. The lowest BCUT2D eigenvalue weighted by Gasteiger charge is -2.27. The van der Waals surface area contributed by atoms with Crippen molar-refractivity contribution in [3.63, 3.8) is 0 Å². The third-order valence-corrected chi connectivity index (χ3v) is 4.86. The molecule has 0 radical (unpaired) electrons. The van der Waals surface area contributed by atoms with Crippen LogP contribution in [-0.4, -0.2) is 51.6 Å². The highest BCUT2D eigenvalue weighted by molar-refractivity contribution is 9.10. The van der Waals surface area contributed by atoms with Crippen LogP contribution in [0.4, 0.5) is 0 Å². The first kappa shape index (κ1) is 19.0. The first-order valence-electron chi connectivity index (χ1n) is 8.08. The van der Waals surface area contributed by atoms with E-state index in [-0.39, 0.29) is 12.0 Å². The average Bonchev–Trinajstić information content (AvgIpc) is 3.04. The van der Waals surface area contributed by atoms with Gasteiger partial charge in [-0.3, -0.25) is 4.99 Å². The van der Waals surface area contributed by atoms with Crippen LogP contribution in [0.25, 0.3) is 0 Å². The van der Waals surface area contributed by atoms with Gasteiger partial charge in [0.05, 0.1) is 13.7 Å². The molecule has 134 valence electrons. The maximum atomic E-state index is 9.30. The van der Waals surface area contributed by atoms with E-state index in [2.05, 4.69) is 31.6 Å². The van der Waals surface area contributed by atoms with Crippen molar-refractivity contribution in [2.24, 2.45) is 10.4 Å². The molecule has 3 N–H and O–H groups in total. The number of ether oxygens (including phenoxy) is 2. The van der Waals surface area contributed by atoms with E-state index in [0.29, 0.717) is 13.2 Å². The third kappa shape index (κ3) is 5.09. The van der Waals surface area contributed by atoms with Gasteiger partial charge in [0.15, 0.2) is 5.96 Å². The second-order valence-electron chi connectivity index (χ2n) is 6.01. The highest BCUT2D eigenvalue weighted by atomic mass is 79.9. The second-order valence-corrected chi connectivity index (χ2v) is 6.93. The number of nitrogens with one attached hydrogen (secondary N) is 2. The number of methoxy groups -OCH3 is 1. The summed E-state index contributed by atoms with van der Waals surface area (Å²) in [7, 11) is 3.41. The van der Waals surface area contributed by atoms with Gasteiger partial charge in [0, 0.05) is 48.8 Å². The number of aliphatic hydroxyl groups excluding tert-OH is 1. The summed E-state index contributed by atoms with van der Waals surface area (Å²) >= 11 is 3.48. The Hall–Kier alpha value is -1.31. The molecule has 1 aliphatic heterocycles. The van der Waals surface area contributed by atoms with Gasteiger partial charge in [-0.25, -0.2) is 0 Å². The summed E-state index contributed by atoms with van der Waals surface area (Å²) in [4.78, 5) is 4.27. The van der Waals surface area contributed by atoms with Crippen molar-refractivity contribution in [1.29, 1.82) is 0 Å². The van der Waals surface area contributed by atoms with Crippen LogP contribution in [0.2, 0.25) is 0 Å². The summed E-state index contributed by atoms with van der Waals surface area (Å²) in [6.45, 7) is 2.93. The van der Waals surface area contributed by atoms with Gasteiger partial charge in [0.25, 0.3) is 0 Å². The normalized spacial score (nSPS) is 20.9. The molecule has 1 unspecified atom stereocenters. The molecular weight excluding hydrogens is 374 g/mol. The summed E-state index contributed by atoms with van der Waals surface area (Å²) in [6, 6.07) is 5.91. The molecule has 0 aromatic heterocycles. The Kier molecular flexibility index (Phi) is 7.33. The number of hydrogen-bond donors (Lipinski definition) is 3. The molecule has 1 aromatic rings. The van der Waals surface area contributed by atoms with Gasteiger partial charge >= 0.3 is 0 Å². The van der Waals surface area contributed by atoms with E-state index in [0.717, 1.165) is 47.7 Å². The Morgan fingerprint density at radius 2 is 2.29 bits per heavy atom. The fourth-order valence-corrected chi connectivity index (χ4v) is 3.28. The molecule has 7 heteroatoms. The van der Waals surface area contributed by atoms with Crippen LogP contribution in [0.3, 0.4) is 0 Å². The maximum absolute atomic E-state index is 9.30. The van der Waals surface area contributed by atoms with Crippen LogP contribution in [-0.2, 0) is 11.3 Å². The van der Waals surface area contributed by atoms with Crippen LogP contribution < -0.4 is 15.4 Å². The monoisotopic (exact) mass is 399 g/mol. The van der Waals surface area contributed by atoms with E-state index in [1.54, 1.807) is 14.2 Å². The Labute approximate surface area is 151 Å². The zero-order chi connectivity index (χ0) is 17.4. The highest BCUT2D eigenvalue weighted by Crippen LogP contribution is 2.31. The van der Waals surface area contributed by atoms with Crippen molar-refractivity contribution in [3.8, 4) is 5.75 Å². The van der Waals surface area contributed by atoms with E-state index in [9.17, 15) is 5.11 Å². The van der Waals surface area contributed by atoms with E-state index < -0.39 is 0 Å². The number of aliphatic hydroxyl groups is 1. The van der Waals surface area contributed by atoms with Gasteiger partial charge in [0.1, 0.15) is 5.75 Å². The van der Waals surface area contributed by atoms with Crippen molar-refractivity contribution in [3.05, 3.63) is 28.2 Å². The van der Waals surface area contributed by atoms with Crippen molar-refractivity contribution in [2.45, 2.75) is 19.4 Å². The number of aliphatic imine (C=N–C) groups is 1. The topological polar surface area (TPSA) is 75.1 Å². The largest absolute Gasteiger partial charge is 0.496 e. The van der Waals surface area contributed by atoms with E-state index in [4.69, 9.17) is 9.47 Å². The van der Waals surface area contributed by atoms with E-state index in [1.165, 1.54) is 0 Å². The SMILES string of the molecule is CN=C(NCc1cc(Br)ccc1OC)NCC1(CCO)CCOC1. The number of guanidine groups is 1. The summed E-state index contributed by atoms with van der Waals surface area (Å²) in [6.07, 6.45) is 1.69. The Balaban J connectivity index is 1.92. The summed E-state index contributed by atoms with van der Waals surface area (Å²) in [5.41, 5.74) is 1.03. The van der Waals surface area contributed by atoms with E-state index in [1.807, 2.05) is 18.2 Å². The zero-order valence-electron chi connectivity index (χ0n) is 14.3. The molecule has 1 aliphatic rings. The lowest BCUT2D eigenvalue weighted by molar-refractivity contribution is 0.127. The molecule has 1 fully saturated rings. The fourth-order valence-electron chi connectivity index (χ4n) is 2.87. The minimum atomic E-state index is -0.0141. The van der Waals surface area contributed by atoms with Crippen molar-refractivity contribution >= 4 is 21.9 Å². The average molecular weight is 400 g/mol. The van der Waals surface area contributed by atoms with Crippen LogP contribution in [0.15, 0.2) is 27.7 Å².